The van der Waals surface area contributed by atoms with Gasteiger partial charge in [0.15, 0.2) is 5.84 Å². The van der Waals surface area contributed by atoms with Gasteiger partial charge in [0.2, 0.25) is 0 Å². The number of hydrogen-bond acceptors (Lipinski definition) is 5. The molecule has 6 nitrogen and oxygen atoms in total. The number of oxime groups is 1. The van der Waals surface area contributed by atoms with E-state index in [1.807, 2.05) is 57.8 Å². The summed E-state index contributed by atoms with van der Waals surface area (Å²) < 4.78 is 5.33. The number of rotatable bonds is 6. The summed E-state index contributed by atoms with van der Waals surface area (Å²) in [6.07, 6.45) is 0.822. The molecular weight excluding hydrogens is 294 g/mol. The Balaban J connectivity index is 2.78. The van der Waals surface area contributed by atoms with Gasteiger partial charge in [0, 0.05) is 12.1 Å². The average Bonchev–Trinajstić information content (AvgIpc) is 2.44. The SMILES string of the molecule is CCc1cc(/C(N)=N/O)ccc1CN(C)CC(=O)OC(C)(C)C. The molecule has 0 fully saturated rings. The third-order valence-electron chi connectivity index (χ3n) is 3.25. The van der Waals surface area contributed by atoms with Crippen LogP contribution in [-0.4, -0.2) is 41.1 Å². The minimum atomic E-state index is -0.477. The van der Waals surface area contributed by atoms with Gasteiger partial charge in [0.05, 0.1) is 6.54 Å². The maximum atomic E-state index is 11.9. The number of nitrogens with zero attached hydrogens (tertiary/aromatic N) is 2. The topological polar surface area (TPSA) is 88.2 Å². The molecule has 0 saturated heterocycles. The number of carbonyl (C=O) groups is 1. The summed E-state index contributed by atoms with van der Waals surface area (Å²) in [6.45, 7) is 8.45. The van der Waals surface area contributed by atoms with Crippen molar-refractivity contribution in [1.82, 2.24) is 4.90 Å². The first-order valence-electron chi connectivity index (χ1n) is 7.66. The third kappa shape index (κ3) is 6.28. The van der Waals surface area contributed by atoms with Gasteiger partial charge >= 0.3 is 5.97 Å². The fraction of sp³-hybridized carbons (Fsp3) is 0.529. The van der Waals surface area contributed by atoms with Crippen molar-refractivity contribution in [3.05, 3.63) is 34.9 Å². The van der Waals surface area contributed by atoms with Gasteiger partial charge < -0.3 is 15.7 Å². The predicted octanol–water partition coefficient (Wildman–Crippen LogP) is 2.12. The number of aryl methyl sites for hydroxylation is 1. The molecule has 0 spiro atoms. The second kappa shape index (κ2) is 7.97. The lowest BCUT2D eigenvalue weighted by molar-refractivity contribution is -0.155. The first kappa shape index (κ1) is 19.0. The van der Waals surface area contributed by atoms with E-state index in [9.17, 15) is 4.79 Å². The number of carbonyl (C=O) groups excluding carboxylic acids is 1. The Kier molecular flexibility index (Phi) is 6.57. The predicted molar refractivity (Wildman–Crippen MR) is 90.5 cm³/mol. The molecule has 0 radical (unpaired) electrons. The molecule has 1 aromatic carbocycles. The molecule has 0 amide bonds. The fourth-order valence-corrected chi connectivity index (χ4v) is 2.27. The van der Waals surface area contributed by atoms with Gasteiger partial charge in [-0.15, -0.1) is 0 Å². The van der Waals surface area contributed by atoms with Crippen LogP contribution in [0.5, 0.6) is 0 Å². The van der Waals surface area contributed by atoms with Crippen LogP contribution in [0, 0.1) is 0 Å². The second-order valence-corrected chi connectivity index (χ2v) is 6.58. The molecule has 0 atom stereocenters. The lowest BCUT2D eigenvalue weighted by Gasteiger charge is -2.23. The molecule has 0 aliphatic heterocycles. The summed E-state index contributed by atoms with van der Waals surface area (Å²) in [5.74, 6) is -0.153. The molecule has 6 heteroatoms. The van der Waals surface area contributed by atoms with Crippen LogP contribution < -0.4 is 5.73 Å². The van der Waals surface area contributed by atoms with Gasteiger partial charge in [-0.25, -0.2) is 0 Å². The van der Waals surface area contributed by atoms with Gasteiger partial charge in [-0.05, 0) is 51.4 Å². The Morgan fingerprint density at radius 2 is 2.00 bits per heavy atom. The highest BCUT2D eigenvalue weighted by atomic mass is 16.6. The maximum Gasteiger partial charge on any atom is 0.320 e. The largest absolute Gasteiger partial charge is 0.459 e. The van der Waals surface area contributed by atoms with Crippen LogP contribution >= 0.6 is 0 Å². The normalized spacial score (nSPS) is 12.5. The molecule has 0 saturated carbocycles. The van der Waals surface area contributed by atoms with Crippen molar-refractivity contribution < 1.29 is 14.7 Å². The Hall–Kier alpha value is -2.08. The quantitative estimate of drug-likeness (QED) is 0.275. The van der Waals surface area contributed by atoms with Crippen molar-refractivity contribution in [2.45, 2.75) is 46.3 Å². The molecule has 1 rings (SSSR count). The highest BCUT2D eigenvalue weighted by molar-refractivity contribution is 5.97. The number of nitrogens with two attached hydrogens (primary N) is 1. The first-order chi connectivity index (χ1) is 10.7. The second-order valence-electron chi connectivity index (χ2n) is 6.58. The van der Waals surface area contributed by atoms with E-state index in [0.717, 1.165) is 17.5 Å². The van der Waals surface area contributed by atoms with Gasteiger partial charge in [-0.3, -0.25) is 9.69 Å². The molecule has 0 heterocycles. The first-order valence-corrected chi connectivity index (χ1v) is 7.66. The van der Waals surface area contributed by atoms with Crippen molar-refractivity contribution in [2.75, 3.05) is 13.6 Å². The van der Waals surface area contributed by atoms with Crippen molar-refractivity contribution in [3.63, 3.8) is 0 Å². The number of ether oxygens (including phenoxy) is 1. The third-order valence-corrected chi connectivity index (χ3v) is 3.25. The van der Waals surface area contributed by atoms with Gasteiger partial charge in [-0.2, -0.15) is 0 Å². The highest BCUT2D eigenvalue weighted by Crippen LogP contribution is 2.15. The zero-order valence-corrected chi connectivity index (χ0v) is 14.6. The summed E-state index contributed by atoms with van der Waals surface area (Å²) in [5.41, 5.74) is 8.04. The summed E-state index contributed by atoms with van der Waals surface area (Å²) in [4.78, 5) is 13.8. The molecule has 23 heavy (non-hydrogen) atoms. The smallest absolute Gasteiger partial charge is 0.320 e. The maximum absolute atomic E-state index is 11.9. The zero-order valence-electron chi connectivity index (χ0n) is 14.6. The average molecular weight is 321 g/mol. The van der Waals surface area contributed by atoms with E-state index in [1.165, 1.54) is 0 Å². The molecule has 0 aliphatic rings. The highest BCUT2D eigenvalue weighted by Gasteiger charge is 2.18. The minimum absolute atomic E-state index is 0.0911. The van der Waals surface area contributed by atoms with Crippen molar-refractivity contribution in [2.24, 2.45) is 10.9 Å². The molecule has 128 valence electrons. The van der Waals surface area contributed by atoms with E-state index in [0.29, 0.717) is 12.1 Å². The van der Waals surface area contributed by atoms with Crippen molar-refractivity contribution >= 4 is 11.8 Å². The Morgan fingerprint density at radius 3 is 2.52 bits per heavy atom. The van der Waals surface area contributed by atoms with Crippen LogP contribution in [-0.2, 0) is 22.5 Å². The number of amidine groups is 1. The molecule has 1 aromatic rings. The summed E-state index contributed by atoms with van der Waals surface area (Å²) in [6, 6.07) is 5.66. The van der Waals surface area contributed by atoms with Gasteiger partial charge in [0.25, 0.3) is 0 Å². The van der Waals surface area contributed by atoms with Crippen LogP contribution in [0.1, 0.15) is 44.4 Å². The van der Waals surface area contributed by atoms with Gasteiger partial charge in [0.1, 0.15) is 5.60 Å². The van der Waals surface area contributed by atoms with Crippen LogP contribution in [0.4, 0.5) is 0 Å². The number of hydrogen-bond donors (Lipinski definition) is 2. The van der Waals surface area contributed by atoms with E-state index in [4.69, 9.17) is 15.7 Å². The van der Waals surface area contributed by atoms with E-state index < -0.39 is 5.60 Å². The molecule has 3 N–H and O–H groups in total. The minimum Gasteiger partial charge on any atom is -0.459 e. The van der Waals surface area contributed by atoms with E-state index >= 15 is 0 Å². The van der Waals surface area contributed by atoms with Crippen LogP contribution in [0.3, 0.4) is 0 Å². The molecule has 0 unspecified atom stereocenters. The lowest BCUT2D eigenvalue weighted by Crippen LogP contribution is -2.32. The van der Waals surface area contributed by atoms with Crippen molar-refractivity contribution in [1.29, 1.82) is 0 Å². The van der Waals surface area contributed by atoms with E-state index in [2.05, 4.69) is 5.16 Å². The summed E-state index contributed by atoms with van der Waals surface area (Å²) in [5, 5.41) is 11.8. The summed E-state index contributed by atoms with van der Waals surface area (Å²) >= 11 is 0. The Bertz CT molecular complexity index is 577. The Morgan fingerprint density at radius 1 is 1.35 bits per heavy atom. The van der Waals surface area contributed by atoms with Gasteiger partial charge in [-0.1, -0.05) is 24.2 Å². The molecule has 0 aromatic heterocycles. The Labute approximate surface area is 137 Å². The van der Waals surface area contributed by atoms with E-state index in [1.54, 1.807) is 0 Å². The monoisotopic (exact) mass is 321 g/mol. The molecule has 0 bridgehead atoms. The number of benzene rings is 1. The van der Waals surface area contributed by atoms with E-state index in [-0.39, 0.29) is 18.3 Å². The van der Waals surface area contributed by atoms with Crippen LogP contribution in [0.2, 0.25) is 0 Å². The number of esters is 1. The number of likely N-dealkylation sites (N-methyl/N-ethyl adjacent to an activating group) is 1. The molecular formula is C17H27N3O3. The molecule has 0 aliphatic carbocycles. The summed E-state index contributed by atoms with van der Waals surface area (Å²) in [7, 11) is 1.88. The van der Waals surface area contributed by atoms with Crippen LogP contribution in [0.15, 0.2) is 23.4 Å². The van der Waals surface area contributed by atoms with Crippen molar-refractivity contribution in [3.8, 4) is 0 Å². The lowest BCUT2D eigenvalue weighted by atomic mass is 10.0. The standard InChI is InChI=1S/C17H27N3O3/c1-6-12-9-13(16(18)19-22)7-8-14(12)10-20(5)11-15(21)23-17(2,3)4/h7-9,22H,6,10-11H2,1-5H3,(H2,18,19). The zero-order chi connectivity index (χ0) is 17.6. The van der Waals surface area contributed by atoms with Crippen LogP contribution in [0.25, 0.3) is 0 Å². The fourth-order valence-electron chi connectivity index (χ4n) is 2.27.